The molecule has 0 spiro atoms. The Morgan fingerprint density at radius 2 is 2.12 bits per heavy atom. The monoisotopic (exact) mass is 238 g/mol. The van der Waals surface area contributed by atoms with Crippen LogP contribution in [0.15, 0.2) is 18.2 Å². The lowest BCUT2D eigenvalue weighted by Crippen LogP contribution is -2.13. The summed E-state index contributed by atoms with van der Waals surface area (Å²) in [5.41, 5.74) is 1.01. The molecule has 1 aromatic rings. The number of ether oxygens (including phenoxy) is 1. The summed E-state index contributed by atoms with van der Waals surface area (Å²) in [6.45, 7) is 0.950. The molecular formula is C12H18N2O3. The zero-order valence-corrected chi connectivity index (χ0v) is 10.5. The van der Waals surface area contributed by atoms with Gasteiger partial charge in [0.2, 0.25) is 0 Å². The Bertz CT molecular complexity index is 391. The Kier molecular flexibility index (Phi) is 4.90. The van der Waals surface area contributed by atoms with Gasteiger partial charge in [-0.25, -0.2) is 0 Å². The van der Waals surface area contributed by atoms with Gasteiger partial charge < -0.3 is 9.64 Å². The van der Waals surface area contributed by atoms with E-state index < -0.39 is 0 Å². The highest BCUT2D eigenvalue weighted by atomic mass is 16.6. The summed E-state index contributed by atoms with van der Waals surface area (Å²) in [5, 5.41) is 10.7. The van der Waals surface area contributed by atoms with Crippen LogP contribution in [-0.2, 0) is 6.42 Å². The van der Waals surface area contributed by atoms with Crippen molar-refractivity contribution in [1.29, 1.82) is 0 Å². The maximum Gasteiger partial charge on any atom is 0.269 e. The maximum atomic E-state index is 10.7. The Morgan fingerprint density at radius 3 is 2.65 bits per heavy atom. The highest BCUT2D eigenvalue weighted by molar-refractivity contribution is 5.43. The van der Waals surface area contributed by atoms with Crippen molar-refractivity contribution in [2.24, 2.45) is 0 Å². The largest absolute Gasteiger partial charge is 0.496 e. The molecule has 0 saturated heterocycles. The van der Waals surface area contributed by atoms with Gasteiger partial charge in [0.05, 0.1) is 12.0 Å². The third-order valence-corrected chi connectivity index (χ3v) is 2.53. The lowest BCUT2D eigenvalue weighted by molar-refractivity contribution is -0.384. The fraction of sp³-hybridized carbons (Fsp3) is 0.500. The molecule has 94 valence electrons. The van der Waals surface area contributed by atoms with Gasteiger partial charge in [-0.1, -0.05) is 0 Å². The molecule has 1 aromatic carbocycles. The summed E-state index contributed by atoms with van der Waals surface area (Å²) in [6, 6.07) is 4.71. The average molecular weight is 238 g/mol. The van der Waals surface area contributed by atoms with Crippen molar-refractivity contribution in [3.05, 3.63) is 33.9 Å². The minimum Gasteiger partial charge on any atom is -0.496 e. The molecule has 0 bridgehead atoms. The van der Waals surface area contributed by atoms with E-state index in [0.29, 0.717) is 5.75 Å². The highest BCUT2D eigenvalue weighted by Crippen LogP contribution is 2.25. The first kappa shape index (κ1) is 13.4. The van der Waals surface area contributed by atoms with Crippen LogP contribution in [0, 0.1) is 10.1 Å². The Labute approximate surface area is 101 Å². The van der Waals surface area contributed by atoms with Crippen LogP contribution < -0.4 is 4.74 Å². The fourth-order valence-corrected chi connectivity index (χ4v) is 1.66. The zero-order chi connectivity index (χ0) is 12.8. The van der Waals surface area contributed by atoms with E-state index in [1.54, 1.807) is 19.2 Å². The minimum absolute atomic E-state index is 0.116. The molecular weight excluding hydrogens is 220 g/mol. The van der Waals surface area contributed by atoms with Crippen molar-refractivity contribution in [2.45, 2.75) is 12.8 Å². The molecule has 1 rings (SSSR count). The number of benzene rings is 1. The molecule has 0 N–H and O–H groups in total. The molecule has 17 heavy (non-hydrogen) atoms. The van der Waals surface area contributed by atoms with Crippen LogP contribution in [-0.4, -0.2) is 37.6 Å². The van der Waals surface area contributed by atoms with E-state index in [0.717, 1.165) is 24.9 Å². The lowest BCUT2D eigenvalue weighted by atomic mass is 10.1. The van der Waals surface area contributed by atoms with Crippen LogP contribution in [0.4, 0.5) is 5.69 Å². The third-order valence-electron chi connectivity index (χ3n) is 2.53. The molecule has 0 aliphatic rings. The summed E-state index contributed by atoms with van der Waals surface area (Å²) >= 11 is 0. The van der Waals surface area contributed by atoms with E-state index in [1.807, 2.05) is 14.1 Å². The highest BCUT2D eigenvalue weighted by Gasteiger charge is 2.10. The third kappa shape index (κ3) is 4.03. The molecule has 0 fully saturated rings. The van der Waals surface area contributed by atoms with Gasteiger partial charge in [-0.3, -0.25) is 10.1 Å². The number of rotatable bonds is 6. The fourth-order valence-electron chi connectivity index (χ4n) is 1.66. The molecule has 0 atom stereocenters. The lowest BCUT2D eigenvalue weighted by Gasteiger charge is -2.11. The molecule has 0 saturated carbocycles. The number of hydrogen-bond acceptors (Lipinski definition) is 4. The Hall–Kier alpha value is -1.62. The first-order valence-electron chi connectivity index (χ1n) is 5.50. The number of methoxy groups -OCH3 is 1. The predicted octanol–water partition coefficient (Wildman–Crippen LogP) is 2.10. The summed E-state index contributed by atoms with van der Waals surface area (Å²) in [5.74, 6) is 0.717. The van der Waals surface area contributed by atoms with Gasteiger partial charge in [0, 0.05) is 17.7 Å². The summed E-state index contributed by atoms with van der Waals surface area (Å²) in [4.78, 5) is 12.4. The predicted molar refractivity (Wildman–Crippen MR) is 66.5 cm³/mol. The maximum absolute atomic E-state index is 10.7. The summed E-state index contributed by atoms with van der Waals surface area (Å²) in [7, 11) is 5.59. The summed E-state index contributed by atoms with van der Waals surface area (Å²) < 4.78 is 5.20. The van der Waals surface area contributed by atoms with E-state index in [1.165, 1.54) is 6.07 Å². The van der Waals surface area contributed by atoms with Gasteiger partial charge >= 0.3 is 0 Å². The number of non-ortho nitro benzene ring substituents is 1. The number of aryl methyl sites for hydroxylation is 1. The van der Waals surface area contributed by atoms with Gasteiger partial charge in [0.1, 0.15) is 5.75 Å². The van der Waals surface area contributed by atoms with Crippen molar-refractivity contribution < 1.29 is 9.66 Å². The molecule has 0 aromatic heterocycles. The normalized spacial score (nSPS) is 10.6. The van der Waals surface area contributed by atoms with Gasteiger partial charge in [0.25, 0.3) is 5.69 Å². The molecule has 0 aliphatic carbocycles. The molecule has 0 radical (unpaired) electrons. The van der Waals surface area contributed by atoms with Crippen molar-refractivity contribution in [2.75, 3.05) is 27.7 Å². The van der Waals surface area contributed by atoms with Crippen LogP contribution in [0.1, 0.15) is 12.0 Å². The van der Waals surface area contributed by atoms with E-state index >= 15 is 0 Å². The minimum atomic E-state index is -0.380. The van der Waals surface area contributed by atoms with Crippen molar-refractivity contribution in [3.8, 4) is 5.75 Å². The SMILES string of the molecule is COc1ccc([N+](=O)[O-])cc1CCCN(C)C. The Balaban J connectivity index is 2.79. The van der Waals surface area contributed by atoms with Crippen LogP contribution in [0.25, 0.3) is 0 Å². The second kappa shape index (κ2) is 6.20. The smallest absolute Gasteiger partial charge is 0.269 e. The van der Waals surface area contributed by atoms with E-state index in [2.05, 4.69) is 4.90 Å². The van der Waals surface area contributed by atoms with Gasteiger partial charge in [-0.05, 0) is 39.5 Å². The molecule has 5 nitrogen and oxygen atoms in total. The first-order chi connectivity index (χ1) is 8.04. The zero-order valence-electron chi connectivity index (χ0n) is 10.5. The van der Waals surface area contributed by atoms with E-state index in [-0.39, 0.29) is 10.6 Å². The van der Waals surface area contributed by atoms with Crippen LogP contribution in [0.2, 0.25) is 0 Å². The van der Waals surface area contributed by atoms with Crippen molar-refractivity contribution in [1.82, 2.24) is 4.90 Å². The van der Waals surface area contributed by atoms with Crippen LogP contribution in [0.3, 0.4) is 0 Å². The molecule has 0 amide bonds. The second-order valence-electron chi connectivity index (χ2n) is 4.16. The van der Waals surface area contributed by atoms with Gasteiger partial charge in [0.15, 0.2) is 0 Å². The first-order valence-corrected chi connectivity index (χ1v) is 5.50. The molecule has 5 heteroatoms. The standard InChI is InChI=1S/C12H18N2O3/c1-13(2)8-4-5-10-9-11(14(15)16)6-7-12(10)17-3/h6-7,9H,4-5,8H2,1-3H3. The Morgan fingerprint density at radius 1 is 1.41 bits per heavy atom. The number of nitro groups is 1. The van der Waals surface area contributed by atoms with Crippen molar-refractivity contribution in [3.63, 3.8) is 0 Å². The van der Waals surface area contributed by atoms with E-state index in [9.17, 15) is 10.1 Å². The molecule has 0 heterocycles. The number of nitrogens with zero attached hydrogens (tertiary/aromatic N) is 2. The quantitative estimate of drug-likeness (QED) is 0.562. The average Bonchev–Trinajstić information content (AvgIpc) is 2.28. The summed E-state index contributed by atoms with van der Waals surface area (Å²) in [6.07, 6.45) is 1.73. The van der Waals surface area contributed by atoms with Gasteiger partial charge in [-0.15, -0.1) is 0 Å². The van der Waals surface area contributed by atoms with Gasteiger partial charge in [-0.2, -0.15) is 0 Å². The van der Waals surface area contributed by atoms with Crippen LogP contribution >= 0.6 is 0 Å². The molecule has 0 unspecified atom stereocenters. The van der Waals surface area contributed by atoms with E-state index in [4.69, 9.17) is 4.74 Å². The second-order valence-corrected chi connectivity index (χ2v) is 4.16. The topological polar surface area (TPSA) is 55.6 Å². The number of nitro benzene ring substituents is 1. The molecule has 0 aliphatic heterocycles. The van der Waals surface area contributed by atoms with Crippen LogP contribution in [0.5, 0.6) is 5.75 Å². The van der Waals surface area contributed by atoms with Crippen molar-refractivity contribution >= 4 is 5.69 Å². The number of hydrogen-bond donors (Lipinski definition) is 0.